The van der Waals surface area contributed by atoms with Gasteiger partial charge in [0, 0.05) is 11.6 Å². The van der Waals surface area contributed by atoms with Gasteiger partial charge in [-0.1, -0.05) is 34.9 Å². The molecule has 0 aromatic heterocycles. The number of rotatable bonds is 11. The summed E-state index contributed by atoms with van der Waals surface area (Å²) in [6, 6.07) is 4.05. The predicted octanol–water partition coefficient (Wildman–Crippen LogP) is 7.77. The van der Waals surface area contributed by atoms with Crippen molar-refractivity contribution in [2.45, 2.75) is 78.1 Å². The highest BCUT2D eigenvalue weighted by Crippen LogP contribution is 2.43. The largest absolute Gasteiger partial charge is 0.496 e. The van der Waals surface area contributed by atoms with E-state index in [0.29, 0.717) is 5.92 Å². The molecule has 0 N–H and O–H groups in total. The summed E-state index contributed by atoms with van der Waals surface area (Å²) in [4.78, 5) is 0. The van der Waals surface area contributed by atoms with E-state index >= 15 is 0 Å². The topological polar surface area (TPSA) is 27.7 Å². The van der Waals surface area contributed by atoms with Crippen LogP contribution in [0.15, 0.2) is 47.1 Å². The molecule has 1 aromatic rings. The third kappa shape index (κ3) is 7.27. The number of hydrogen-bond acceptors (Lipinski definition) is 3. The number of benzene rings is 1. The summed E-state index contributed by atoms with van der Waals surface area (Å²) in [6.45, 7) is 6.62. The van der Waals surface area contributed by atoms with E-state index in [2.05, 4.69) is 45.1 Å². The zero-order valence-electron chi connectivity index (χ0n) is 19.8. The van der Waals surface area contributed by atoms with E-state index in [1.165, 1.54) is 36.0 Å². The Balaban J connectivity index is 1.95. The Hall–Kier alpha value is -2.16. The fourth-order valence-electron chi connectivity index (χ4n) is 4.21. The Labute approximate surface area is 183 Å². The maximum Gasteiger partial charge on any atom is 0.164 e. The maximum atomic E-state index is 5.68. The molecule has 0 bridgehead atoms. The van der Waals surface area contributed by atoms with Crippen molar-refractivity contribution in [3.05, 3.63) is 52.6 Å². The van der Waals surface area contributed by atoms with Gasteiger partial charge in [0.25, 0.3) is 0 Å². The Kier molecular flexibility index (Phi) is 10.1. The van der Waals surface area contributed by atoms with Gasteiger partial charge in [-0.15, -0.1) is 0 Å². The second-order valence-electron chi connectivity index (χ2n) is 8.55. The van der Waals surface area contributed by atoms with Crippen molar-refractivity contribution in [1.82, 2.24) is 0 Å². The summed E-state index contributed by atoms with van der Waals surface area (Å²) in [7, 11) is 5.08. The Morgan fingerprint density at radius 2 is 1.63 bits per heavy atom. The van der Waals surface area contributed by atoms with Crippen LogP contribution in [0.4, 0.5) is 0 Å². The van der Waals surface area contributed by atoms with Crippen LogP contribution in [0, 0.1) is 0 Å². The number of methoxy groups -OCH3 is 3. The number of hydrogen-bond donors (Lipinski definition) is 0. The molecule has 0 saturated carbocycles. The second kappa shape index (κ2) is 12.5. The molecule has 1 unspecified atom stereocenters. The average Bonchev–Trinajstić information content (AvgIpc) is 2.75. The first kappa shape index (κ1) is 24.1. The molecule has 0 spiro atoms. The van der Waals surface area contributed by atoms with Crippen molar-refractivity contribution >= 4 is 0 Å². The molecule has 3 heteroatoms. The molecule has 1 aromatic carbocycles. The highest BCUT2D eigenvalue weighted by molar-refractivity contribution is 5.52. The Bertz CT molecular complexity index is 767. The van der Waals surface area contributed by atoms with E-state index in [1.54, 1.807) is 26.9 Å². The van der Waals surface area contributed by atoms with Gasteiger partial charge in [0.2, 0.25) is 0 Å². The van der Waals surface area contributed by atoms with Crippen LogP contribution in [0.5, 0.6) is 17.2 Å². The van der Waals surface area contributed by atoms with Gasteiger partial charge in [0.1, 0.15) is 5.75 Å². The highest BCUT2D eigenvalue weighted by atomic mass is 16.5. The third-order valence-corrected chi connectivity index (χ3v) is 5.92. The van der Waals surface area contributed by atoms with Gasteiger partial charge in [0.15, 0.2) is 11.5 Å². The molecule has 0 fully saturated rings. The quantitative estimate of drug-likeness (QED) is 0.274. The van der Waals surface area contributed by atoms with Crippen LogP contribution in [0.1, 0.15) is 83.6 Å². The molecule has 0 aliphatic heterocycles. The van der Waals surface area contributed by atoms with Crippen molar-refractivity contribution in [1.29, 1.82) is 0 Å². The van der Waals surface area contributed by atoms with Gasteiger partial charge in [-0.2, -0.15) is 0 Å². The van der Waals surface area contributed by atoms with Crippen LogP contribution in [0.3, 0.4) is 0 Å². The maximum absolute atomic E-state index is 5.68. The second-order valence-corrected chi connectivity index (χ2v) is 8.55. The molecule has 30 heavy (non-hydrogen) atoms. The molecule has 2 rings (SSSR count). The molecule has 0 saturated heterocycles. The van der Waals surface area contributed by atoms with Crippen LogP contribution >= 0.6 is 0 Å². The van der Waals surface area contributed by atoms with Gasteiger partial charge in [0.05, 0.1) is 21.3 Å². The first-order valence-corrected chi connectivity index (χ1v) is 11.2. The van der Waals surface area contributed by atoms with E-state index in [-0.39, 0.29) is 0 Å². The summed E-state index contributed by atoms with van der Waals surface area (Å²) < 4.78 is 16.7. The minimum atomic E-state index is 0.467. The van der Waals surface area contributed by atoms with Crippen molar-refractivity contribution < 1.29 is 14.2 Å². The SMILES string of the molecule is COc1cc(OC)c(C2CCC=C(CCC=C(C)CCCC=C(C)C)C2)cc1OC. The van der Waals surface area contributed by atoms with Gasteiger partial charge in [-0.3, -0.25) is 0 Å². The number of allylic oxidation sites excluding steroid dienone is 6. The lowest BCUT2D eigenvalue weighted by Gasteiger charge is -2.25. The monoisotopic (exact) mass is 412 g/mol. The Morgan fingerprint density at radius 1 is 0.933 bits per heavy atom. The minimum Gasteiger partial charge on any atom is -0.496 e. The zero-order chi connectivity index (χ0) is 21.9. The van der Waals surface area contributed by atoms with Crippen molar-refractivity contribution in [3.8, 4) is 17.2 Å². The summed E-state index contributed by atoms with van der Waals surface area (Å²) in [5, 5.41) is 0. The van der Waals surface area contributed by atoms with Gasteiger partial charge in [-0.25, -0.2) is 0 Å². The molecule has 0 radical (unpaired) electrons. The normalized spacial score (nSPS) is 16.7. The molecule has 0 heterocycles. The lowest BCUT2D eigenvalue weighted by molar-refractivity contribution is 0.345. The van der Waals surface area contributed by atoms with E-state index < -0.39 is 0 Å². The van der Waals surface area contributed by atoms with Crippen LogP contribution < -0.4 is 14.2 Å². The summed E-state index contributed by atoms with van der Waals surface area (Å²) in [6.07, 6.45) is 16.5. The van der Waals surface area contributed by atoms with Crippen LogP contribution in [-0.2, 0) is 0 Å². The summed E-state index contributed by atoms with van der Waals surface area (Å²) >= 11 is 0. The molecular weight excluding hydrogens is 372 g/mol. The smallest absolute Gasteiger partial charge is 0.164 e. The molecular formula is C27H40O3. The fourth-order valence-corrected chi connectivity index (χ4v) is 4.21. The average molecular weight is 413 g/mol. The van der Waals surface area contributed by atoms with Gasteiger partial charge in [-0.05, 0) is 84.1 Å². The molecule has 1 aliphatic rings. The van der Waals surface area contributed by atoms with Crippen LogP contribution in [0.25, 0.3) is 0 Å². The van der Waals surface area contributed by atoms with E-state index in [9.17, 15) is 0 Å². The first-order chi connectivity index (χ1) is 14.5. The van der Waals surface area contributed by atoms with E-state index in [0.717, 1.165) is 49.4 Å². The highest BCUT2D eigenvalue weighted by Gasteiger charge is 2.23. The lowest BCUT2D eigenvalue weighted by Crippen LogP contribution is -2.08. The fraction of sp³-hybridized carbons (Fsp3) is 0.556. The van der Waals surface area contributed by atoms with Crippen LogP contribution in [0.2, 0.25) is 0 Å². The standard InChI is InChI=1S/C27H40O3/c1-20(2)11-7-8-12-21(3)13-9-14-22-15-10-16-23(17-22)24-18-26(29-5)27(30-6)19-25(24)28-4/h11,13,15,18-19,23H,7-10,12,14,16-17H2,1-6H3. The summed E-state index contributed by atoms with van der Waals surface area (Å²) in [5.74, 6) is 2.85. The Morgan fingerprint density at radius 3 is 2.30 bits per heavy atom. The van der Waals surface area contributed by atoms with Gasteiger partial charge >= 0.3 is 0 Å². The molecule has 1 atom stereocenters. The number of ether oxygens (including phenoxy) is 3. The molecule has 0 amide bonds. The predicted molar refractivity (Wildman–Crippen MR) is 127 cm³/mol. The molecule has 166 valence electrons. The van der Waals surface area contributed by atoms with Crippen molar-refractivity contribution in [2.24, 2.45) is 0 Å². The van der Waals surface area contributed by atoms with Gasteiger partial charge < -0.3 is 14.2 Å². The van der Waals surface area contributed by atoms with Crippen LogP contribution in [-0.4, -0.2) is 21.3 Å². The zero-order valence-corrected chi connectivity index (χ0v) is 19.8. The number of unbranched alkanes of at least 4 members (excludes halogenated alkanes) is 1. The third-order valence-electron chi connectivity index (χ3n) is 5.92. The van der Waals surface area contributed by atoms with E-state index in [4.69, 9.17) is 14.2 Å². The molecule has 1 aliphatic carbocycles. The van der Waals surface area contributed by atoms with E-state index in [1.807, 2.05) is 6.07 Å². The van der Waals surface area contributed by atoms with Crippen molar-refractivity contribution in [3.63, 3.8) is 0 Å². The summed E-state index contributed by atoms with van der Waals surface area (Å²) in [5.41, 5.74) is 5.73. The minimum absolute atomic E-state index is 0.467. The first-order valence-electron chi connectivity index (χ1n) is 11.2. The molecule has 3 nitrogen and oxygen atoms in total. The van der Waals surface area contributed by atoms with Crippen molar-refractivity contribution in [2.75, 3.05) is 21.3 Å². The lowest BCUT2D eigenvalue weighted by atomic mass is 9.82.